The minimum Gasteiger partial charge on any atom is -0.312 e. The van der Waals surface area contributed by atoms with Crippen molar-refractivity contribution in [3.8, 4) is 6.07 Å². The minimum absolute atomic E-state index is 0.0471. The first kappa shape index (κ1) is 13.4. The number of nitriles is 1. The highest BCUT2D eigenvalue weighted by Gasteiger charge is 2.36. The van der Waals surface area contributed by atoms with Gasteiger partial charge >= 0.3 is 0 Å². The molecule has 3 atom stereocenters. The summed E-state index contributed by atoms with van der Waals surface area (Å²) in [5.74, 6) is 0.916. The van der Waals surface area contributed by atoms with Crippen molar-refractivity contribution in [2.75, 3.05) is 6.54 Å². The number of rotatable bonds is 3. The van der Waals surface area contributed by atoms with Gasteiger partial charge in [-0.15, -0.1) is 0 Å². The van der Waals surface area contributed by atoms with Crippen LogP contribution in [0.15, 0.2) is 24.3 Å². The molecule has 18 heavy (non-hydrogen) atoms. The monoisotopic (exact) mass is 262 g/mol. The lowest BCUT2D eigenvalue weighted by Gasteiger charge is -2.19. The minimum atomic E-state index is 0.0471. The number of halogens is 1. The molecule has 1 saturated heterocycles. The van der Waals surface area contributed by atoms with E-state index in [1.807, 2.05) is 18.2 Å². The second-order valence-corrected chi connectivity index (χ2v) is 5.90. The molecule has 1 aliphatic heterocycles. The molecule has 2 rings (SSSR count). The van der Waals surface area contributed by atoms with E-state index in [-0.39, 0.29) is 11.8 Å². The molecule has 0 radical (unpaired) electrons. The molecule has 0 amide bonds. The van der Waals surface area contributed by atoms with E-state index in [0.29, 0.717) is 12.0 Å². The average Bonchev–Trinajstić information content (AvgIpc) is 2.71. The van der Waals surface area contributed by atoms with Gasteiger partial charge < -0.3 is 5.32 Å². The molecule has 0 aliphatic carbocycles. The Kier molecular flexibility index (Phi) is 4.27. The molecule has 0 spiro atoms. The van der Waals surface area contributed by atoms with Gasteiger partial charge in [0, 0.05) is 23.5 Å². The van der Waals surface area contributed by atoms with Crippen LogP contribution in [-0.2, 0) is 0 Å². The fourth-order valence-corrected chi connectivity index (χ4v) is 2.99. The molecule has 0 aromatic heterocycles. The molecule has 1 aromatic carbocycles. The van der Waals surface area contributed by atoms with Gasteiger partial charge in [0.1, 0.15) is 0 Å². The Balaban J connectivity index is 2.18. The highest BCUT2D eigenvalue weighted by molar-refractivity contribution is 6.30. The van der Waals surface area contributed by atoms with Crippen LogP contribution in [-0.4, -0.2) is 12.6 Å². The summed E-state index contributed by atoms with van der Waals surface area (Å²) in [5.41, 5.74) is 1.17. The maximum Gasteiger partial charge on any atom is 0.0697 e. The third kappa shape index (κ3) is 2.85. The van der Waals surface area contributed by atoms with E-state index < -0.39 is 0 Å². The summed E-state index contributed by atoms with van der Waals surface area (Å²) in [6, 6.07) is 10.7. The molecule has 1 N–H and O–H groups in total. The van der Waals surface area contributed by atoms with Gasteiger partial charge in [0.25, 0.3) is 0 Å². The molecule has 1 aliphatic rings. The van der Waals surface area contributed by atoms with Crippen molar-refractivity contribution < 1.29 is 0 Å². The van der Waals surface area contributed by atoms with Gasteiger partial charge in [-0.2, -0.15) is 5.26 Å². The average molecular weight is 263 g/mol. The maximum absolute atomic E-state index is 9.43. The largest absolute Gasteiger partial charge is 0.312 e. The third-order valence-corrected chi connectivity index (χ3v) is 3.85. The van der Waals surface area contributed by atoms with E-state index >= 15 is 0 Å². The van der Waals surface area contributed by atoms with Crippen molar-refractivity contribution in [2.45, 2.75) is 32.2 Å². The molecule has 3 unspecified atom stereocenters. The SMILES string of the molecule is CC(C)CC1NCC(c2cccc(Cl)c2)C1C#N. The van der Waals surface area contributed by atoms with E-state index in [1.165, 1.54) is 5.56 Å². The fourth-order valence-electron chi connectivity index (χ4n) is 2.79. The predicted octanol–water partition coefficient (Wildman–Crippen LogP) is 3.58. The highest BCUT2D eigenvalue weighted by Crippen LogP contribution is 2.34. The molecule has 96 valence electrons. The van der Waals surface area contributed by atoms with E-state index in [0.717, 1.165) is 18.0 Å². The van der Waals surface area contributed by atoms with Gasteiger partial charge in [0.2, 0.25) is 0 Å². The lowest BCUT2D eigenvalue weighted by atomic mass is 9.84. The van der Waals surface area contributed by atoms with Gasteiger partial charge in [-0.25, -0.2) is 0 Å². The number of benzene rings is 1. The lowest BCUT2D eigenvalue weighted by molar-refractivity contribution is 0.415. The van der Waals surface area contributed by atoms with Crippen LogP contribution in [0.2, 0.25) is 5.02 Å². The lowest BCUT2D eigenvalue weighted by Crippen LogP contribution is -2.28. The van der Waals surface area contributed by atoms with Crippen molar-refractivity contribution in [3.63, 3.8) is 0 Å². The van der Waals surface area contributed by atoms with Crippen LogP contribution in [0.4, 0.5) is 0 Å². The summed E-state index contributed by atoms with van der Waals surface area (Å²) in [5, 5.41) is 13.7. The first-order chi connectivity index (χ1) is 8.61. The van der Waals surface area contributed by atoms with Crippen LogP contribution >= 0.6 is 11.6 Å². The van der Waals surface area contributed by atoms with Crippen LogP contribution in [0.3, 0.4) is 0 Å². The van der Waals surface area contributed by atoms with Crippen molar-refractivity contribution in [3.05, 3.63) is 34.9 Å². The topological polar surface area (TPSA) is 35.8 Å². The van der Waals surface area contributed by atoms with Crippen molar-refractivity contribution in [1.82, 2.24) is 5.32 Å². The maximum atomic E-state index is 9.43. The Labute approximate surface area is 114 Å². The molecule has 2 nitrogen and oxygen atoms in total. The van der Waals surface area contributed by atoms with Gasteiger partial charge in [0.05, 0.1) is 12.0 Å². The van der Waals surface area contributed by atoms with Gasteiger partial charge in [-0.3, -0.25) is 0 Å². The predicted molar refractivity (Wildman–Crippen MR) is 74.5 cm³/mol. The summed E-state index contributed by atoms with van der Waals surface area (Å²) >= 11 is 6.03. The van der Waals surface area contributed by atoms with Gasteiger partial charge in [-0.1, -0.05) is 37.6 Å². The van der Waals surface area contributed by atoms with Crippen LogP contribution in [0.5, 0.6) is 0 Å². The molecule has 1 fully saturated rings. The second kappa shape index (κ2) is 5.73. The van der Waals surface area contributed by atoms with Crippen LogP contribution in [0, 0.1) is 23.2 Å². The molecule has 1 aromatic rings. The molecule has 0 saturated carbocycles. The number of nitrogens with one attached hydrogen (secondary N) is 1. The molecule has 1 heterocycles. The van der Waals surface area contributed by atoms with Crippen LogP contribution in [0.1, 0.15) is 31.7 Å². The van der Waals surface area contributed by atoms with Gasteiger partial charge in [-0.05, 0) is 30.0 Å². The Bertz CT molecular complexity index is 450. The summed E-state index contributed by atoms with van der Waals surface area (Å²) in [4.78, 5) is 0. The Morgan fingerprint density at radius 2 is 2.28 bits per heavy atom. The van der Waals surface area contributed by atoms with Crippen molar-refractivity contribution >= 4 is 11.6 Å². The molecule has 3 heteroatoms. The highest BCUT2D eigenvalue weighted by atomic mass is 35.5. The zero-order chi connectivity index (χ0) is 13.1. The zero-order valence-electron chi connectivity index (χ0n) is 10.9. The van der Waals surface area contributed by atoms with Crippen LogP contribution in [0.25, 0.3) is 0 Å². The Morgan fingerprint density at radius 3 is 2.89 bits per heavy atom. The number of hydrogen-bond donors (Lipinski definition) is 1. The van der Waals surface area contributed by atoms with E-state index in [9.17, 15) is 5.26 Å². The second-order valence-electron chi connectivity index (χ2n) is 5.46. The quantitative estimate of drug-likeness (QED) is 0.904. The van der Waals surface area contributed by atoms with E-state index in [4.69, 9.17) is 11.6 Å². The third-order valence-electron chi connectivity index (χ3n) is 3.62. The first-order valence-electron chi connectivity index (χ1n) is 6.50. The molecule has 0 bridgehead atoms. The normalized spacial score (nSPS) is 27.4. The summed E-state index contributed by atoms with van der Waals surface area (Å²) in [6.45, 7) is 5.27. The standard InChI is InChI=1S/C15H19ClN2/c1-10(2)6-15-13(8-17)14(9-18-15)11-4-3-5-12(16)7-11/h3-5,7,10,13-15,18H,6,9H2,1-2H3. The Morgan fingerprint density at radius 1 is 1.50 bits per heavy atom. The summed E-state index contributed by atoms with van der Waals surface area (Å²) in [7, 11) is 0. The fraction of sp³-hybridized carbons (Fsp3) is 0.533. The smallest absolute Gasteiger partial charge is 0.0697 e. The van der Waals surface area contributed by atoms with Gasteiger partial charge in [0.15, 0.2) is 0 Å². The number of nitrogens with zero attached hydrogens (tertiary/aromatic N) is 1. The summed E-state index contributed by atoms with van der Waals surface area (Å²) < 4.78 is 0. The van der Waals surface area contributed by atoms with Crippen molar-refractivity contribution in [2.24, 2.45) is 11.8 Å². The number of hydrogen-bond acceptors (Lipinski definition) is 2. The van der Waals surface area contributed by atoms with E-state index in [2.05, 4.69) is 31.3 Å². The van der Waals surface area contributed by atoms with Crippen molar-refractivity contribution in [1.29, 1.82) is 5.26 Å². The van der Waals surface area contributed by atoms with Crippen LogP contribution < -0.4 is 5.32 Å². The summed E-state index contributed by atoms with van der Waals surface area (Å²) in [6.07, 6.45) is 1.05. The molecular weight excluding hydrogens is 244 g/mol. The zero-order valence-corrected chi connectivity index (χ0v) is 11.6. The van der Waals surface area contributed by atoms with E-state index in [1.54, 1.807) is 0 Å². The Hall–Kier alpha value is -1.04. The first-order valence-corrected chi connectivity index (χ1v) is 6.88. The molecular formula is C15H19ClN2.